The molecule has 15 heavy (non-hydrogen) atoms. The van der Waals surface area contributed by atoms with E-state index in [0.717, 1.165) is 5.69 Å². The number of rotatable bonds is 2. The fourth-order valence-corrected chi connectivity index (χ4v) is 1.30. The van der Waals surface area contributed by atoms with Crippen LogP contribution in [0.5, 0.6) is 0 Å². The van der Waals surface area contributed by atoms with Crippen LogP contribution in [0.2, 0.25) is 5.02 Å². The summed E-state index contributed by atoms with van der Waals surface area (Å²) in [6, 6.07) is 10.3. The van der Waals surface area contributed by atoms with Crippen molar-refractivity contribution in [3.63, 3.8) is 0 Å². The van der Waals surface area contributed by atoms with Gasteiger partial charge in [0.25, 0.3) is 5.56 Å². The zero-order chi connectivity index (χ0) is 10.7. The lowest BCUT2D eigenvalue weighted by molar-refractivity contribution is 0.994. The Morgan fingerprint density at radius 3 is 2.67 bits per heavy atom. The van der Waals surface area contributed by atoms with Gasteiger partial charge in [-0.25, -0.2) is 5.10 Å². The SMILES string of the molecule is O=c1ccc(Nc2ccccc2Cl)n[nH]1. The first-order valence-corrected chi connectivity index (χ1v) is 4.71. The van der Waals surface area contributed by atoms with Gasteiger partial charge in [0.2, 0.25) is 0 Å². The van der Waals surface area contributed by atoms with Crippen molar-refractivity contribution < 1.29 is 0 Å². The topological polar surface area (TPSA) is 57.8 Å². The lowest BCUT2D eigenvalue weighted by Gasteiger charge is -2.05. The van der Waals surface area contributed by atoms with E-state index < -0.39 is 0 Å². The highest BCUT2D eigenvalue weighted by Crippen LogP contribution is 2.22. The highest BCUT2D eigenvalue weighted by molar-refractivity contribution is 6.33. The first-order chi connectivity index (χ1) is 7.25. The largest absolute Gasteiger partial charge is 0.338 e. The van der Waals surface area contributed by atoms with Gasteiger partial charge in [-0.15, -0.1) is 0 Å². The molecule has 2 aromatic rings. The van der Waals surface area contributed by atoms with Crippen molar-refractivity contribution in [2.24, 2.45) is 0 Å². The van der Waals surface area contributed by atoms with Crippen molar-refractivity contribution in [1.29, 1.82) is 0 Å². The number of nitrogens with zero attached hydrogens (tertiary/aromatic N) is 1. The molecule has 0 fully saturated rings. The van der Waals surface area contributed by atoms with Gasteiger partial charge >= 0.3 is 0 Å². The van der Waals surface area contributed by atoms with Crippen LogP contribution in [0.4, 0.5) is 11.5 Å². The first kappa shape index (κ1) is 9.73. The summed E-state index contributed by atoms with van der Waals surface area (Å²) in [7, 11) is 0. The predicted octanol–water partition coefficient (Wildman–Crippen LogP) is 2.17. The Morgan fingerprint density at radius 2 is 2.00 bits per heavy atom. The number of para-hydroxylation sites is 1. The fraction of sp³-hybridized carbons (Fsp3) is 0. The molecule has 2 rings (SSSR count). The summed E-state index contributed by atoms with van der Waals surface area (Å²) in [6.07, 6.45) is 0. The van der Waals surface area contributed by atoms with Crippen molar-refractivity contribution in [3.05, 3.63) is 51.8 Å². The third kappa shape index (κ3) is 2.35. The molecule has 0 saturated heterocycles. The lowest BCUT2D eigenvalue weighted by Crippen LogP contribution is -2.07. The van der Waals surface area contributed by atoms with Crippen LogP contribution >= 0.6 is 11.6 Å². The Labute approximate surface area is 90.9 Å². The van der Waals surface area contributed by atoms with E-state index in [-0.39, 0.29) is 5.56 Å². The Hall–Kier alpha value is -1.81. The van der Waals surface area contributed by atoms with Gasteiger partial charge in [-0.3, -0.25) is 4.79 Å². The summed E-state index contributed by atoms with van der Waals surface area (Å²) in [5, 5.41) is 9.72. The van der Waals surface area contributed by atoms with Gasteiger partial charge < -0.3 is 5.32 Å². The second kappa shape index (κ2) is 4.14. The van der Waals surface area contributed by atoms with E-state index in [1.54, 1.807) is 12.1 Å². The average molecular weight is 222 g/mol. The molecule has 0 aliphatic rings. The van der Waals surface area contributed by atoms with Gasteiger partial charge in [-0.05, 0) is 18.2 Å². The first-order valence-electron chi connectivity index (χ1n) is 4.33. The number of nitrogens with one attached hydrogen (secondary N) is 2. The van der Waals surface area contributed by atoms with E-state index in [2.05, 4.69) is 15.5 Å². The highest BCUT2D eigenvalue weighted by Gasteiger charge is 1.99. The molecule has 0 spiro atoms. The standard InChI is InChI=1S/C10H8ClN3O/c11-7-3-1-2-4-8(7)12-9-5-6-10(15)14-13-9/h1-6H,(H,12,13)(H,14,15). The molecule has 1 heterocycles. The summed E-state index contributed by atoms with van der Waals surface area (Å²) < 4.78 is 0. The maximum Gasteiger partial charge on any atom is 0.264 e. The van der Waals surface area contributed by atoms with Crippen LogP contribution in [-0.2, 0) is 0 Å². The fourth-order valence-electron chi connectivity index (χ4n) is 1.11. The van der Waals surface area contributed by atoms with Gasteiger partial charge in [0.1, 0.15) is 0 Å². The monoisotopic (exact) mass is 221 g/mol. The second-order valence-electron chi connectivity index (χ2n) is 2.91. The third-order valence-corrected chi connectivity index (χ3v) is 2.15. The number of hydrogen-bond acceptors (Lipinski definition) is 3. The van der Waals surface area contributed by atoms with Crippen molar-refractivity contribution in [2.45, 2.75) is 0 Å². The zero-order valence-corrected chi connectivity index (χ0v) is 8.45. The molecule has 1 aromatic heterocycles. The molecule has 0 aliphatic carbocycles. The maximum atomic E-state index is 10.8. The van der Waals surface area contributed by atoms with Gasteiger partial charge in [0.05, 0.1) is 10.7 Å². The molecule has 2 N–H and O–H groups in total. The Morgan fingerprint density at radius 1 is 1.20 bits per heavy atom. The van der Waals surface area contributed by atoms with Gasteiger partial charge in [-0.2, -0.15) is 5.10 Å². The molecule has 0 amide bonds. The molecular formula is C10H8ClN3O. The van der Waals surface area contributed by atoms with Crippen LogP contribution in [0.1, 0.15) is 0 Å². The quantitative estimate of drug-likeness (QED) is 0.817. The van der Waals surface area contributed by atoms with Crippen molar-refractivity contribution in [2.75, 3.05) is 5.32 Å². The number of anilines is 2. The molecule has 0 aliphatic heterocycles. The molecule has 1 aromatic carbocycles. The minimum atomic E-state index is -0.236. The van der Waals surface area contributed by atoms with E-state index in [9.17, 15) is 4.79 Å². The Kier molecular flexibility index (Phi) is 2.69. The minimum absolute atomic E-state index is 0.236. The summed E-state index contributed by atoms with van der Waals surface area (Å²) in [4.78, 5) is 10.8. The smallest absolute Gasteiger partial charge is 0.264 e. The summed E-state index contributed by atoms with van der Waals surface area (Å²) >= 11 is 5.94. The van der Waals surface area contributed by atoms with E-state index in [1.807, 2.05) is 18.2 Å². The zero-order valence-electron chi connectivity index (χ0n) is 7.70. The summed E-state index contributed by atoms with van der Waals surface area (Å²) in [6.45, 7) is 0. The van der Waals surface area contributed by atoms with E-state index in [4.69, 9.17) is 11.6 Å². The van der Waals surface area contributed by atoms with E-state index in [1.165, 1.54) is 6.07 Å². The number of aromatic nitrogens is 2. The van der Waals surface area contributed by atoms with Crippen molar-refractivity contribution >= 4 is 23.1 Å². The molecule has 0 saturated carbocycles. The summed E-state index contributed by atoms with van der Waals surface area (Å²) in [5.74, 6) is 0.544. The van der Waals surface area contributed by atoms with Crippen molar-refractivity contribution in [3.8, 4) is 0 Å². The number of aromatic amines is 1. The molecular weight excluding hydrogens is 214 g/mol. The van der Waals surface area contributed by atoms with Gasteiger partial charge in [0, 0.05) is 6.07 Å². The van der Waals surface area contributed by atoms with E-state index in [0.29, 0.717) is 10.8 Å². The normalized spacial score (nSPS) is 9.93. The van der Waals surface area contributed by atoms with Crippen LogP contribution in [0.3, 0.4) is 0 Å². The minimum Gasteiger partial charge on any atom is -0.338 e. The van der Waals surface area contributed by atoms with Crippen LogP contribution < -0.4 is 10.9 Å². The van der Waals surface area contributed by atoms with Crippen LogP contribution in [0, 0.1) is 0 Å². The average Bonchev–Trinajstić information content (AvgIpc) is 2.25. The molecule has 76 valence electrons. The maximum absolute atomic E-state index is 10.8. The Bertz CT molecular complexity index is 504. The molecule has 0 radical (unpaired) electrons. The van der Waals surface area contributed by atoms with Crippen molar-refractivity contribution in [1.82, 2.24) is 10.2 Å². The van der Waals surface area contributed by atoms with Crippen LogP contribution in [-0.4, -0.2) is 10.2 Å². The Balaban J connectivity index is 2.26. The number of benzene rings is 1. The lowest BCUT2D eigenvalue weighted by atomic mass is 10.3. The van der Waals surface area contributed by atoms with Gasteiger partial charge in [0.15, 0.2) is 5.82 Å². The number of hydrogen-bond donors (Lipinski definition) is 2. The van der Waals surface area contributed by atoms with Crippen LogP contribution in [0.15, 0.2) is 41.2 Å². The molecule has 0 unspecified atom stereocenters. The van der Waals surface area contributed by atoms with E-state index >= 15 is 0 Å². The third-order valence-electron chi connectivity index (χ3n) is 1.82. The van der Waals surface area contributed by atoms with Gasteiger partial charge in [-0.1, -0.05) is 23.7 Å². The number of halogens is 1. The predicted molar refractivity (Wildman–Crippen MR) is 59.6 cm³/mol. The second-order valence-corrected chi connectivity index (χ2v) is 3.32. The highest BCUT2D eigenvalue weighted by atomic mass is 35.5. The molecule has 5 heteroatoms. The van der Waals surface area contributed by atoms with Crippen LogP contribution in [0.25, 0.3) is 0 Å². The molecule has 0 bridgehead atoms. The molecule has 0 atom stereocenters. The number of H-pyrrole nitrogens is 1. The molecule has 4 nitrogen and oxygen atoms in total. The summed E-state index contributed by atoms with van der Waals surface area (Å²) in [5.41, 5.74) is 0.512.